The molecule has 0 aliphatic heterocycles. The van der Waals surface area contributed by atoms with Crippen LogP contribution in [0.25, 0.3) is 0 Å². The van der Waals surface area contributed by atoms with E-state index in [-0.39, 0.29) is 23.4 Å². The van der Waals surface area contributed by atoms with Crippen LogP contribution in [0.2, 0.25) is 0 Å². The Kier molecular flexibility index (Phi) is 10.6. The normalized spacial score (nSPS) is 14.5. The lowest BCUT2D eigenvalue weighted by Gasteiger charge is -2.34. The first-order valence-corrected chi connectivity index (χ1v) is 16.0. The molecule has 1 aliphatic rings. The van der Waals surface area contributed by atoms with E-state index in [0.717, 1.165) is 47.5 Å². The number of benzene rings is 3. The van der Waals surface area contributed by atoms with Crippen molar-refractivity contribution in [2.45, 2.75) is 75.9 Å². The molecular weight excluding hydrogens is 550 g/mol. The molecule has 4 rings (SSSR count). The molecule has 0 heterocycles. The third kappa shape index (κ3) is 7.70. The van der Waals surface area contributed by atoms with E-state index in [2.05, 4.69) is 5.32 Å². The zero-order chi connectivity index (χ0) is 30.1. The Balaban J connectivity index is 1.69. The molecule has 2 amide bonds. The van der Waals surface area contributed by atoms with Gasteiger partial charge in [0.1, 0.15) is 18.3 Å². The van der Waals surface area contributed by atoms with Crippen LogP contribution in [0, 0.1) is 6.92 Å². The molecule has 42 heavy (non-hydrogen) atoms. The molecule has 0 aromatic heterocycles. The molecule has 1 aliphatic carbocycles. The molecule has 1 N–H and O–H groups in total. The zero-order valence-electron chi connectivity index (χ0n) is 24.7. The number of carbonyl (C=O) groups is 2. The van der Waals surface area contributed by atoms with Crippen LogP contribution in [0.4, 0.5) is 5.69 Å². The van der Waals surface area contributed by atoms with E-state index in [1.807, 2.05) is 38.1 Å². The number of ether oxygens (including phenoxy) is 1. The van der Waals surface area contributed by atoms with Crippen molar-refractivity contribution >= 4 is 27.5 Å². The molecule has 224 valence electrons. The molecule has 0 unspecified atom stereocenters. The molecule has 0 saturated heterocycles. The number of methoxy groups -OCH3 is 1. The van der Waals surface area contributed by atoms with Gasteiger partial charge in [-0.3, -0.25) is 13.9 Å². The Hall–Kier alpha value is -3.85. The summed E-state index contributed by atoms with van der Waals surface area (Å²) in [4.78, 5) is 29.4. The highest BCUT2D eigenvalue weighted by molar-refractivity contribution is 7.92. The summed E-state index contributed by atoms with van der Waals surface area (Å²) in [5.74, 6) is 0.00816. The summed E-state index contributed by atoms with van der Waals surface area (Å²) in [6.07, 6.45) is 5.53. The lowest BCUT2D eigenvalue weighted by molar-refractivity contribution is -0.140. The largest absolute Gasteiger partial charge is 0.497 e. The van der Waals surface area contributed by atoms with Gasteiger partial charge in [-0.15, -0.1) is 0 Å². The Morgan fingerprint density at radius 3 is 2.17 bits per heavy atom. The molecule has 0 radical (unpaired) electrons. The van der Waals surface area contributed by atoms with Gasteiger partial charge < -0.3 is 15.0 Å². The minimum absolute atomic E-state index is 0.0840. The summed E-state index contributed by atoms with van der Waals surface area (Å²) in [7, 11) is -2.50. The number of amides is 2. The number of carbonyl (C=O) groups excluding carboxylic acids is 2. The maximum absolute atomic E-state index is 14.2. The van der Waals surface area contributed by atoms with Crippen molar-refractivity contribution in [3.8, 4) is 5.75 Å². The van der Waals surface area contributed by atoms with Gasteiger partial charge in [-0.05, 0) is 68.1 Å². The third-order valence-electron chi connectivity index (χ3n) is 7.78. The molecule has 0 spiro atoms. The van der Waals surface area contributed by atoms with Gasteiger partial charge in [0.05, 0.1) is 17.7 Å². The number of rotatable bonds is 12. The molecule has 0 bridgehead atoms. The van der Waals surface area contributed by atoms with Gasteiger partial charge in [-0.2, -0.15) is 0 Å². The highest BCUT2D eigenvalue weighted by Gasteiger charge is 2.34. The van der Waals surface area contributed by atoms with Crippen molar-refractivity contribution in [3.05, 3.63) is 90.0 Å². The van der Waals surface area contributed by atoms with Crippen molar-refractivity contribution in [1.29, 1.82) is 0 Å². The van der Waals surface area contributed by atoms with Gasteiger partial charge in [-0.1, -0.05) is 74.2 Å². The van der Waals surface area contributed by atoms with Crippen molar-refractivity contribution in [3.63, 3.8) is 0 Å². The number of nitrogens with zero attached hydrogens (tertiary/aromatic N) is 2. The van der Waals surface area contributed by atoms with Crippen LogP contribution in [0.3, 0.4) is 0 Å². The number of sulfonamides is 1. The van der Waals surface area contributed by atoms with Crippen molar-refractivity contribution in [2.75, 3.05) is 18.0 Å². The minimum atomic E-state index is -4.08. The summed E-state index contributed by atoms with van der Waals surface area (Å²) in [5, 5.41) is 3.17. The fraction of sp³-hybridized carbons (Fsp3) is 0.394. The fourth-order valence-electron chi connectivity index (χ4n) is 5.35. The summed E-state index contributed by atoms with van der Waals surface area (Å²) in [6.45, 7) is 3.48. The van der Waals surface area contributed by atoms with Crippen LogP contribution in [0.15, 0.2) is 83.8 Å². The molecule has 1 atom stereocenters. The predicted molar refractivity (Wildman–Crippen MR) is 165 cm³/mol. The molecule has 3 aromatic rings. The van der Waals surface area contributed by atoms with Crippen LogP contribution < -0.4 is 14.4 Å². The molecule has 1 saturated carbocycles. The molecule has 8 nitrogen and oxygen atoms in total. The first-order chi connectivity index (χ1) is 20.2. The van der Waals surface area contributed by atoms with E-state index in [4.69, 9.17) is 4.74 Å². The van der Waals surface area contributed by atoms with E-state index in [1.165, 1.54) is 17.0 Å². The van der Waals surface area contributed by atoms with Crippen LogP contribution in [-0.4, -0.2) is 50.9 Å². The Morgan fingerprint density at radius 1 is 0.929 bits per heavy atom. The van der Waals surface area contributed by atoms with E-state index < -0.39 is 28.5 Å². The van der Waals surface area contributed by atoms with Crippen LogP contribution in [-0.2, 0) is 26.2 Å². The molecular formula is C33H41N3O5S. The van der Waals surface area contributed by atoms with Crippen molar-refractivity contribution < 1.29 is 22.7 Å². The predicted octanol–water partition coefficient (Wildman–Crippen LogP) is 5.46. The average Bonchev–Trinajstić information content (AvgIpc) is 3.01. The van der Waals surface area contributed by atoms with Crippen LogP contribution in [0.1, 0.15) is 56.6 Å². The van der Waals surface area contributed by atoms with Crippen LogP contribution in [0.5, 0.6) is 5.75 Å². The zero-order valence-corrected chi connectivity index (χ0v) is 25.5. The van der Waals surface area contributed by atoms with Crippen LogP contribution >= 0.6 is 0 Å². The van der Waals surface area contributed by atoms with Gasteiger partial charge in [0.2, 0.25) is 11.8 Å². The third-order valence-corrected chi connectivity index (χ3v) is 9.57. The maximum atomic E-state index is 14.2. The maximum Gasteiger partial charge on any atom is 0.264 e. The Morgan fingerprint density at radius 2 is 1.57 bits per heavy atom. The summed E-state index contributed by atoms with van der Waals surface area (Å²) in [6, 6.07) is 21.7. The second-order valence-electron chi connectivity index (χ2n) is 10.8. The molecule has 9 heteroatoms. The average molecular weight is 592 g/mol. The smallest absolute Gasteiger partial charge is 0.264 e. The quantitative estimate of drug-likeness (QED) is 0.302. The standard InChI is InChI=1S/C33H41N3O5S/c1-4-31(33(38)34-27-11-7-5-8-12-27)35(23-26-17-21-29(41-3)22-18-26)32(37)24-36(28-19-15-25(2)16-20-28)42(39,40)30-13-9-6-10-14-30/h6,9-10,13-22,27,31H,4-5,7-8,11-12,23-24H2,1-3H3,(H,34,38)/t31-/m1/s1. The number of anilines is 1. The van der Waals surface area contributed by atoms with Gasteiger partial charge >= 0.3 is 0 Å². The fourth-order valence-corrected chi connectivity index (χ4v) is 6.79. The number of hydrogen-bond acceptors (Lipinski definition) is 5. The summed E-state index contributed by atoms with van der Waals surface area (Å²) >= 11 is 0. The first kappa shape index (κ1) is 31.1. The summed E-state index contributed by atoms with van der Waals surface area (Å²) < 4.78 is 34.2. The number of hydrogen-bond donors (Lipinski definition) is 1. The Labute approximate surface area is 249 Å². The lowest BCUT2D eigenvalue weighted by atomic mass is 9.95. The van der Waals surface area contributed by atoms with Crippen molar-refractivity contribution in [1.82, 2.24) is 10.2 Å². The number of aryl methyl sites for hydroxylation is 1. The van der Waals surface area contributed by atoms with E-state index in [1.54, 1.807) is 49.6 Å². The Bertz CT molecular complexity index is 1420. The minimum Gasteiger partial charge on any atom is -0.497 e. The van der Waals surface area contributed by atoms with Gasteiger partial charge in [0, 0.05) is 12.6 Å². The highest BCUT2D eigenvalue weighted by Crippen LogP contribution is 2.26. The lowest BCUT2D eigenvalue weighted by Crippen LogP contribution is -2.54. The second-order valence-corrected chi connectivity index (χ2v) is 12.7. The number of nitrogens with one attached hydrogen (secondary N) is 1. The molecule has 1 fully saturated rings. The van der Waals surface area contributed by atoms with Gasteiger partial charge in [0.15, 0.2) is 0 Å². The van der Waals surface area contributed by atoms with E-state index in [9.17, 15) is 18.0 Å². The topological polar surface area (TPSA) is 96.0 Å². The van der Waals surface area contributed by atoms with E-state index in [0.29, 0.717) is 17.9 Å². The van der Waals surface area contributed by atoms with Gasteiger partial charge in [-0.25, -0.2) is 8.42 Å². The molecule has 3 aromatic carbocycles. The highest BCUT2D eigenvalue weighted by atomic mass is 32.2. The first-order valence-electron chi connectivity index (χ1n) is 14.6. The summed E-state index contributed by atoms with van der Waals surface area (Å²) in [5.41, 5.74) is 2.15. The van der Waals surface area contributed by atoms with Gasteiger partial charge in [0.25, 0.3) is 10.0 Å². The van der Waals surface area contributed by atoms with E-state index >= 15 is 0 Å². The van der Waals surface area contributed by atoms with Crippen molar-refractivity contribution in [2.24, 2.45) is 0 Å². The second kappa shape index (κ2) is 14.4. The SMILES string of the molecule is CC[C@H](C(=O)NC1CCCCC1)N(Cc1ccc(OC)cc1)C(=O)CN(c1ccc(C)cc1)S(=O)(=O)c1ccccc1. The monoisotopic (exact) mass is 591 g/mol.